The number of hydrogen-bond donors (Lipinski definition) is 0. The summed E-state index contributed by atoms with van der Waals surface area (Å²) in [6, 6.07) is 71.2. The minimum absolute atomic E-state index is 0.0534. The van der Waals surface area contributed by atoms with E-state index in [1.807, 2.05) is 11.3 Å². The summed E-state index contributed by atoms with van der Waals surface area (Å²) in [6.07, 6.45) is 1.97. The Morgan fingerprint density at radius 1 is 0.446 bits per heavy atom. The van der Waals surface area contributed by atoms with Crippen LogP contribution in [0.2, 0.25) is 0 Å². The van der Waals surface area contributed by atoms with Crippen LogP contribution in [-0.4, -0.2) is 0 Å². The summed E-state index contributed by atoms with van der Waals surface area (Å²) in [5, 5.41) is 2.72. The Labute approximate surface area is 333 Å². The van der Waals surface area contributed by atoms with Crippen LogP contribution >= 0.6 is 11.3 Å². The highest BCUT2D eigenvalue weighted by Gasteiger charge is 2.46. The highest BCUT2D eigenvalue weighted by Crippen LogP contribution is 2.57. The van der Waals surface area contributed by atoms with Crippen molar-refractivity contribution in [2.45, 2.75) is 43.4 Å². The molecule has 0 amide bonds. The molecule has 2 aliphatic rings. The first-order valence-corrected chi connectivity index (χ1v) is 20.8. The second-order valence-electron chi connectivity index (χ2n) is 16.3. The van der Waals surface area contributed by atoms with Crippen LogP contribution in [0.4, 0.5) is 0 Å². The number of benzene rings is 8. The number of rotatable bonds is 7. The van der Waals surface area contributed by atoms with E-state index in [-0.39, 0.29) is 11.3 Å². The van der Waals surface area contributed by atoms with E-state index in [9.17, 15) is 0 Å². The lowest BCUT2D eigenvalue weighted by atomic mass is 9.67. The molecule has 1 atom stereocenters. The molecule has 1 heteroatoms. The molecule has 1 heterocycles. The molecule has 0 nitrogen and oxygen atoms in total. The van der Waals surface area contributed by atoms with Crippen molar-refractivity contribution >= 4 is 31.5 Å². The lowest BCUT2D eigenvalue weighted by molar-refractivity contribution is 0.654. The van der Waals surface area contributed by atoms with Crippen molar-refractivity contribution in [2.24, 2.45) is 0 Å². The average Bonchev–Trinajstić information content (AvgIpc) is 3.86. The van der Waals surface area contributed by atoms with Gasteiger partial charge in [0.05, 0.1) is 5.41 Å². The van der Waals surface area contributed by atoms with Crippen LogP contribution in [0.15, 0.2) is 188 Å². The number of fused-ring (bicyclic) bond motifs is 9. The average molecular weight is 735 g/mol. The molecule has 0 bridgehead atoms. The molecule has 0 radical (unpaired) electrons. The minimum Gasteiger partial charge on any atom is -0.135 e. The molecule has 11 rings (SSSR count). The molecule has 1 aromatic heterocycles. The monoisotopic (exact) mass is 734 g/mol. The van der Waals surface area contributed by atoms with Crippen LogP contribution in [0.25, 0.3) is 42.4 Å². The zero-order valence-corrected chi connectivity index (χ0v) is 32.6. The van der Waals surface area contributed by atoms with Gasteiger partial charge in [0.25, 0.3) is 0 Å². The maximum atomic E-state index is 2.55. The normalized spacial score (nSPS) is 15.0. The van der Waals surface area contributed by atoms with E-state index in [4.69, 9.17) is 0 Å². The van der Waals surface area contributed by atoms with E-state index in [1.165, 1.54) is 92.5 Å². The van der Waals surface area contributed by atoms with Gasteiger partial charge in [-0.15, -0.1) is 11.3 Å². The second-order valence-corrected chi connectivity index (χ2v) is 17.4. The van der Waals surface area contributed by atoms with Gasteiger partial charge in [-0.25, -0.2) is 0 Å². The minimum atomic E-state index is -0.393. The topological polar surface area (TPSA) is 0 Å². The molecule has 9 aromatic rings. The zero-order valence-electron chi connectivity index (χ0n) is 31.8. The van der Waals surface area contributed by atoms with Gasteiger partial charge in [-0.1, -0.05) is 184 Å². The summed E-state index contributed by atoms with van der Waals surface area (Å²) < 4.78 is 2.71. The van der Waals surface area contributed by atoms with Gasteiger partial charge >= 0.3 is 0 Å². The predicted octanol–water partition coefficient (Wildman–Crippen LogP) is 14.5. The summed E-state index contributed by atoms with van der Waals surface area (Å²) in [7, 11) is 0. The first kappa shape index (κ1) is 33.3. The fourth-order valence-corrected chi connectivity index (χ4v) is 11.6. The summed E-state index contributed by atoms with van der Waals surface area (Å²) in [4.78, 5) is 0. The lowest BCUT2D eigenvalue weighted by Crippen LogP contribution is -2.28. The van der Waals surface area contributed by atoms with E-state index in [0.29, 0.717) is 0 Å². The first-order valence-electron chi connectivity index (χ1n) is 20.0. The number of thiophene rings is 1. The van der Waals surface area contributed by atoms with Gasteiger partial charge in [0.15, 0.2) is 0 Å². The van der Waals surface area contributed by atoms with Crippen molar-refractivity contribution < 1.29 is 0 Å². The van der Waals surface area contributed by atoms with E-state index in [2.05, 4.69) is 202 Å². The van der Waals surface area contributed by atoms with Crippen molar-refractivity contribution in [1.82, 2.24) is 0 Å². The Hall–Kier alpha value is -6.02. The van der Waals surface area contributed by atoms with Crippen LogP contribution < -0.4 is 0 Å². The second kappa shape index (κ2) is 12.8. The van der Waals surface area contributed by atoms with Gasteiger partial charge in [0.1, 0.15) is 0 Å². The van der Waals surface area contributed by atoms with Gasteiger partial charge in [0, 0.05) is 31.5 Å². The quantitative estimate of drug-likeness (QED) is 0.153. The Balaban J connectivity index is 1.07. The van der Waals surface area contributed by atoms with Crippen LogP contribution in [-0.2, 0) is 17.3 Å². The van der Waals surface area contributed by atoms with Crippen molar-refractivity contribution in [3.05, 3.63) is 238 Å². The molecule has 0 saturated heterocycles. The molecular formula is C55H42S. The van der Waals surface area contributed by atoms with E-state index >= 15 is 0 Å². The predicted molar refractivity (Wildman–Crippen MR) is 237 cm³/mol. The third kappa shape index (κ3) is 4.84. The van der Waals surface area contributed by atoms with E-state index in [0.717, 1.165) is 12.8 Å². The third-order valence-electron chi connectivity index (χ3n) is 13.1. The van der Waals surface area contributed by atoms with Gasteiger partial charge in [0.2, 0.25) is 0 Å². The van der Waals surface area contributed by atoms with Gasteiger partial charge in [-0.05, 0) is 103 Å². The highest BCUT2D eigenvalue weighted by atomic mass is 32.1. The van der Waals surface area contributed by atoms with E-state index < -0.39 is 5.41 Å². The fraction of sp³-hybridized carbons (Fsp3) is 0.127. The maximum Gasteiger partial charge on any atom is 0.0713 e. The van der Waals surface area contributed by atoms with Crippen LogP contribution in [0.5, 0.6) is 0 Å². The molecule has 0 N–H and O–H groups in total. The molecule has 268 valence electrons. The van der Waals surface area contributed by atoms with Gasteiger partial charge < -0.3 is 0 Å². The van der Waals surface area contributed by atoms with Crippen molar-refractivity contribution in [2.75, 3.05) is 0 Å². The van der Waals surface area contributed by atoms with Crippen molar-refractivity contribution in [3.63, 3.8) is 0 Å². The van der Waals surface area contributed by atoms with Crippen LogP contribution in [0.1, 0.15) is 76.3 Å². The van der Waals surface area contributed by atoms with Crippen molar-refractivity contribution in [3.8, 4) is 22.3 Å². The van der Waals surface area contributed by atoms with Crippen LogP contribution in [0.3, 0.4) is 0 Å². The molecule has 8 aromatic carbocycles. The largest absolute Gasteiger partial charge is 0.135 e. The van der Waals surface area contributed by atoms with Gasteiger partial charge in [-0.3, -0.25) is 0 Å². The molecule has 1 unspecified atom stereocenters. The Morgan fingerprint density at radius 3 is 1.82 bits per heavy atom. The SMILES string of the molecule is CC1(C)c2ccccc2-c2ccc(C(CCc3cccc4c3-c3ccccc3C4(c3ccccc3)c3ccccc3)c3ccc4sc5ccccc5c4c3)cc21. The highest BCUT2D eigenvalue weighted by molar-refractivity contribution is 7.25. The molecule has 0 aliphatic heterocycles. The Kier molecular flexibility index (Phi) is 7.60. The molecule has 56 heavy (non-hydrogen) atoms. The molecule has 0 fully saturated rings. The summed E-state index contributed by atoms with van der Waals surface area (Å²) >= 11 is 1.90. The number of hydrogen-bond acceptors (Lipinski definition) is 1. The summed E-state index contributed by atoms with van der Waals surface area (Å²) in [5.41, 5.74) is 17.5. The summed E-state index contributed by atoms with van der Waals surface area (Å²) in [5.74, 6) is 0.225. The number of aryl methyl sites for hydroxylation is 1. The maximum absolute atomic E-state index is 2.55. The third-order valence-corrected chi connectivity index (χ3v) is 14.2. The Bertz CT molecular complexity index is 2910. The summed E-state index contributed by atoms with van der Waals surface area (Å²) in [6.45, 7) is 4.80. The molecule has 0 spiro atoms. The van der Waals surface area contributed by atoms with Gasteiger partial charge in [-0.2, -0.15) is 0 Å². The molecule has 2 aliphatic carbocycles. The molecular weight excluding hydrogens is 693 g/mol. The zero-order chi connectivity index (χ0) is 37.4. The lowest BCUT2D eigenvalue weighted by Gasteiger charge is -2.34. The Morgan fingerprint density at radius 2 is 1.04 bits per heavy atom. The smallest absolute Gasteiger partial charge is 0.0713 e. The first-order chi connectivity index (χ1) is 27.5. The standard InChI is InChI=1S/C55H42S/c1-54(2)47-24-12-9-21-42(47)43-32-29-38(35-50(43)54)41(37-30-33-52-46(34-37)44-22-11-14-27-51(44)56-52)31-28-36-16-15-26-49-53(36)45-23-10-13-25-48(45)55(49,39-17-5-3-6-18-39)40-19-7-4-8-20-40/h3-27,29-30,32-35,41H,28,31H2,1-2H3. The van der Waals surface area contributed by atoms with E-state index in [1.54, 1.807) is 0 Å². The molecule has 0 saturated carbocycles. The van der Waals surface area contributed by atoms with Crippen LogP contribution in [0, 0.1) is 0 Å². The van der Waals surface area contributed by atoms with Crippen molar-refractivity contribution in [1.29, 1.82) is 0 Å². The fourth-order valence-electron chi connectivity index (χ4n) is 10.5.